The first-order valence-corrected chi connectivity index (χ1v) is 9.29. The number of esters is 1. The van der Waals surface area contributed by atoms with Crippen molar-refractivity contribution in [1.82, 2.24) is 0 Å². The number of ketones is 1. The van der Waals surface area contributed by atoms with Crippen LogP contribution in [0.3, 0.4) is 0 Å². The Morgan fingerprint density at radius 1 is 1.38 bits per heavy atom. The van der Waals surface area contributed by atoms with Crippen LogP contribution >= 0.6 is 0 Å². The summed E-state index contributed by atoms with van der Waals surface area (Å²) in [7, 11) is 0. The van der Waals surface area contributed by atoms with Crippen LogP contribution in [0.4, 0.5) is 0 Å². The van der Waals surface area contributed by atoms with Gasteiger partial charge >= 0.3 is 5.97 Å². The first-order valence-electron chi connectivity index (χ1n) is 9.29. The standard InChI is InChI=1S/C19H30O5/c1-3-16(24-18-10-5-6-11-23-18)13-15(19(21)22-4-2)12-14-8-7-9-17(14)20/h8,15-16,18H,3-7,9-13H2,1-2H3/t15-,16-,18-/m1/s1. The summed E-state index contributed by atoms with van der Waals surface area (Å²) in [6.07, 6.45) is 8.03. The molecule has 0 spiro atoms. The van der Waals surface area contributed by atoms with Gasteiger partial charge in [0.25, 0.3) is 0 Å². The van der Waals surface area contributed by atoms with E-state index in [-0.39, 0.29) is 30.1 Å². The lowest BCUT2D eigenvalue weighted by atomic mass is 9.92. The van der Waals surface area contributed by atoms with Crippen molar-refractivity contribution in [3.05, 3.63) is 11.6 Å². The summed E-state index contributed by atoms with van der Waals surface area (Å²) >= 11 is 0. The van der Waals surface area contributed by atoms with Gasteiger partial charge in [0.05, 0.1) is 18.6 Å². The van der Waals surface area contributed by atoms with Crippen LogP contribution in [0.25, 0.3) is 0 Å². The predicted octanol–water partition coefficient (Wildman–Crippen LogP) is 3.56. The van der Waals surface area contributed by atoms with E-state index in [1.807, 2.05) is 6.08 Å². The van der Waals surface area contributed by atoms with Gasteiger partial charge in [-0.1, -0.05) is 13.0 Å². The summed E-state index contributed by atoms with van der Waals surface area (Å²) in [4.78, 5) is 24.2. The molecule has 2 aliphatic rings. The molecule has 0 saturated carbocycles. The van der Waals surface area contributed by atoms with Crippen LogP contribution in [0.2, 0.25) is 0 Å². The summed E-state index contributed by atoms with van der Waals surface area (Å²) in [5.41, 5.74) is 0.775. The van der Waals surface area contributed by atoms with Gasteiger partial charge in [-0.3, -0.25) is 9.59 Å². The molecule has 0 unspecified atom stereocenters. The van der Waals surface area contributed by atoms with Crippen molar-refractivity contribution >= 4 is 11.8 Å². The molecule has 0 aromatic carbocycles. The Morgan fingerprint density at radius 2 is 2.21 bits per heavy atom. The van der Waals surface area contributed by atoms with Gasteiger partial charge in [-0.25, -0.2) is 0 Å². The molecule has 1 aliphatic heterocycles. The molecule has 1 aliphatic carbocycles. The SMILES string of the molecule is CCOC(=O)[C@H](CC1=CCCC1=O)C[C@@H](CC)O[C@@H]1CCCCO1. The maximum atomic E-state index is 12.3. The summed E-state index contributed by atoms with van der Waals surface area (Å²) in [5, 5.41) is 0. The van der Waals surface area contributed by atoms with Gasteiger partial charge in [0.15, 0.2) is 12.1 Å². The van der Waals surface area contributed by atoms with Gasteiger partial charge in [-0.15, -0.1) is 0 Å². The van der Waals surface area contributed by atoms with Gasteiger partial charge in [-0.2, -0.15) is 0 Å². The molecule has 0 N–H and O–H groups in total. The zero-order valence-electron chi connectivity index (χ0n) is 14.9. The van der Waals surface area contributed by atoms with Gasteiger partial charge in [0.2, 0.25) is 0 Å². The molecular formula is C19H30O5. The number of carbonyl (C=O) groups is 2. The quantitative estimate of drug-likeness (QED) is 0.602. The van der Waals surface area contributed by atoms with Crippen LogP contribution in [0.1, 0.15) is 65.2 Å². The van der Waals surface area contributed by atoms with Crippen LogP contribution < -0.4 is 0 Å². The first kappa shape index (κ1) is 19.1. The topological polar surface area (TPSA) is 61.8 Å². The van der Waals surface area contributed by atoms with E-state index < -0.39 is 0 Å². The molecule has 1 saturated heterocycles. The van der Waals surface area contributed by atoms with E-state index in [9.17, 15) is 9.59 Å². The molecule has 2 rings (SSSR count). The second kappa shape index (κ2) is 9.94. The molecular weight excluding hydrogens is 308 g/mol. The Hall–Kier alpha value is -1.20. The average Bonchev–Trinajstić information content (AvgIpc) is 2.99. The number of hydrogen-bond donors (Lipinski definition) is 0. The minimum Gasteiger partial charge on any atom is -0.466 e. The van der Waals surface area contributed by atoms with E-state index >= 15 is 0 Å². The molecule has 0 bridgehead atoms. The largest absolute Gasteiger partial charge is 0.466 e. The van der Waals surface area contributed by atoms with Crippen molar-refractivity contribution in [2.45, 2.75) is 77.6 Å². The number of rotatable bonds is 9. The van der Waals surface area contributed by atoms with Crippen LogP contribution in [0, 0.1) is 5.92 Å². The maximum Gasteiger partial charge on any atom is 0.309 e. The minimum atomic E-state index is -0.327. The Labute approximate surface area is 144 Å². The molecule has 0 radical (unpaired) electrons. The van der Waals surface area contributed by atoms with Gasteiger partial charge < -0.3 is 14.2 Å². The third-order valence-corrected chi connectivity index (χ3v) is 4.69. The number of Topliss-reactive ketones (excluding diaryl/α,β-unsaturated/α-hetero) is 1. The number of carbonyl (C=O) groups excluding carboxylic acids is 2. The molecule has 5 nitrogen and oxygen atoms in total. The molecule has 1 fully saturated rings. The summed E-state index contributed by atoms with van der Waals surface area (Å²) < 4.78 is 16.9. The third kappa shape index (κ3) is 5.71. The lowest BCUT2D eigenvalue weighted by Crippen LogP contribution is -2.31. The average molecular weight is 338 g/mol. The second-order valence-electron chi connectivity index (χ2n) is 6.54. The van der Waals surface area contributed by atoms with Crippen LogP contribution in [0.15, 0.2) is 11.6 Å². The fourth-order valence-electron chi connectivity index (χ4n) is 3.31. The Morgan fingerprint density at radius 3 is 2.79 bits per heavy atom. The Kier molecular flexibility index (Phi) is 7.92. The highest BCUT2D eigenvalue weighted by Crippen LogP contribution is 2.28. The van der Waals surface area contributed by atoms with Crippen molar-refractivity contribution in [2.24, 2.45) is 5.92 Å². The molecule has 1 heterocycles. The zero-order chi connectivity index (χ0) is 17.4. The Bertz CT molecular complexity index is 451. The first-order chi connectivity index (χ1) is 11.6. The van der Waals surface area contributed by atoms with Gasteiger partial charge in [0, 0.05) is 13.0 Å². The smallest absolute Gasteiger partial charge is 0.309 e. The molecule has 136 valence electrons. The highest BCUT2D eigenvalue weighted by atomic mass is 16.7. The number of hydrogen-bond acceptors (Lipinski definition) is 5. The van der Waals surface area contributed by atoms with Crippen molar-refractivity contribution in [3.8, 4) is 0 Å². The van der Waals surface area contributed by atoms with Gasteiger partial charge in [-0.05, 0) is 57.4 Å². The third-order valence-electron chi connectivity index (χ3n) is 4.69. The zero-order valence-corrected chi connectivity index (χ0v) is 14.9. The van der Waals surface area contributed by atoms with E-state index in [1.165, 1.54) is 0 Å². The van der Waals surface area contributed by atoms with E-state index in [2.05, 4.69) is 6.92 Å². The minimum absolute atomic E-state index is 0.0559. The Balaban J connectivity index is 1.96. The summed E-state index contributed by atoms with van der Waals surface area (Å²) in [6, 6.07) is 0. The van der Waals surface area contributed by atoms with Crippen molar-refractivity contribution in [3.63, 3.8) is 0 Å². The molecule has 0 aromatic rings. The van der Waals surface area contributed by atoms with Crippen LogP contribution in [-0.2, 0) is 23.8 Å². The molecule has 5 heteroatoms. The van der Waals surface area contributed by atoms with Crippen LogP contribution in [0.5, 0.6) is 0 Å². The molecule has 3 atom stereocenters. The van der Waals surface area contributed by atoms with E-state index in [0.29, 0.717) is 25.9 Å². The van der Waals surface area contributed by atoms with Gasteiger partial charge in [0.1, 0.15) is 0 Å². The van der Waals surface area contributed by atoms with Crippen LogP contribution in [-0.4, -0.2) is 37.4 Å². The lowest BCUT2D eigenvalue weighted by Gasteiger charge is -2.29. The molecule has 24 heavy (non-hydrogen) atoms. The monoisotopic (exact) mass is 338 g/mol. The highest BCUT2D eigenvalue weighted by Gasteiger charge is 2.29. The number of allylic oxidation sites excluding steroid dienone is 2. The molecule has 0 amide bonds. The lowest BCUT2D eigenvalue weighted by molar-refractivity contribution is -0.193. The van der Waals surface area contributed by atoms with E-state index in [0.717, 1.165) is 44.3 Å². The van der Waals surface area contributed by atoms with Crippen molar-refractivity contribution < 1.29 is 23.8 Å². The van der Waals surface area contributed by atoms with Crippen molar-refractivity contribution in [2.75, 3.05) is 13.2 Å². The van der Waals surface area contributed by atoms with E-state index in [1.54, 1.807) is 6.92 Å². The molecule has 0 aromatic heterocycles. The summed E-state index contributed by atoms with van der Waals surface area (Å²) in [5.74, 6) is -0.398. The normalized spacial score (nSPS) is 23.7. The fraction of sp³-hybridized carbons (Fsp3) is 0.789. The fourth-order valence-corrected chi connectivity index (χ4v) is 3.31. The maximum absolute atomic E-state index is 12.3. The number of ether oxygens (including phenoxy) is 3. The summed E-state index contributed by atoms with van der Waals surface area (Å²) in [6.45, 7) is 4.95. The second-order valence-corrected chi connectivity index (χ2v) is 6.54. The van der Waals surface area contributed by atoms with Crippen molar-refractivity contribution in [1.29, 1.82) is 0 Å². The predicted molar refractivity (Wildman–Crippen MR) is 90.4 cm³/mol. The highest BCUT2D eigenvalue weighted by molar-refractivity contribution is 5.98. The van der Waals surface area contributed by atoms with E-state index in [4.69, 9.17) is 14.2 Å².